The molecule has 0 aliphatic carbocycles. The molecule has 1 unspecified atom stereocenters. The van der Waals surface area contributed by atoms with Crippen LogP contribution in [0.25, 0.3) is 0 Å². The zero-order valence-corrected chi connectivity index (χ0v) is 15.3. The summed E-state index contributed by atoms with van der Waals surface area (Å²) >= 11 is 0. The van der Waals surface area contributed by atoms with E-state index in [0.717, 1.165) is 31.7 Å². The molecule has 0 saturated carbocycles. The van der Waals surface area contributed by atoms with Crippen LogP contribution in [0.3, 0.4) is 0 Å². The van der Waals surface area contributed by atoms with Crippen molar-refractivity contribution >= 4 is 0 Å². The normalized spacial score (nSPS) is 12.2. The van der Waals surface area contributed by atoms with Gasteiger partial charge in [-0.15, -0.1) is 6.58 Å². The van der Waals surface area contributed by atoms with E-state index in [9.17, 15) is 5.11 Å². The van der Waals surface area contributed by atoms with Gasteiger partial charge in [0.25, 0.3) is 0 Å². The van der Waals surface area contributed by atoms with Gasteiger partial charge in [0.15, 0.2) is 0 Å². The van der Waals surface area contributed by atoms with Gasteiger partial charge in [0.2, 0.25) is 0 Å². The van der Waals surface area contributed by atoms with Gasteiger partial charge in [-0.1, -0.05) is 48.0 Å². The highest BCUT2D eigenvalue weighted by Gasteiger charge is 2.13. The second-order valence-corrected chi connectivity index (χ2v) is 6.53. The summed E-state index contributed by atoms with van der Waals surface area (Å²) in [5.74, 6) is 0.861. The second kappa shape index (κ2) is 10.0. The lowest BCUT2D eigenvalue weighted by Crippen LogP contribution is -2.31. The average molecular weight is 339 g/mol. The Morgan fingerprint density at radius 3 is 2.48 bits per heavy atom. The zero-order chi connectivity index (χ0) is 18.1. The van der Waals surface area contributed by atoms with Crippen molar-refractivity contribution < 1.29 is 9.84 Å². The fourth-order valence-electron chi connectivity index (χ4n) is 2.94. The van der Waals surface area contributed by atoms with E-state index in [4.69, 9.17) is 4.74 Å². The zero-order valence-electron chi connectivity index (χ0n) is 15.3. The summed E-state index contributed by atoms with van der Waals surface area (Å²) in [7, 11) is 1.68. The molecular formula is C22H29NO2. The Hall–Kier alpha value is -2.10. The van der Waals surface area contributed by atoms with Gasteiger partial charge in [0, 0.05) is 19.6 Å². The van der Waals surface area contributed by atoms with Crippen molar-refractivity contribution in [1.82, 2.24) is 4.90 Å². The first-order valence-electron chi connectivity index (χ1n) is 8.80. The molecule has 0 fully saturated rings. The van der Waals surface area contributed by atoms with E-state index in [0.29, 0.717) is 6.54 Å². The number of rotatable bonds is 10. The van der Waals surface area contributed by atoms with Gasteiger partial charge in [-0.3, -0.25) is 4.90 Å². The third-order valence-corrected chi connectivity index (χ3v) is 4.23. The minimum absolute atomic E-state index is 0.346. The predicted octanol–water partition coefficient (Wildman–Crippen LogP) is 4.33. The molecule has 0 radical (unpaired) electrons. The van der Waals surface area contributed by atoms with E-state index in [1.807, 2.05) is 18.2 Å². The minimum Gasteiger partial charge on any atom is -0.497 e. The fourth-order valence-corrected chi connectivity index (χ4v) is 2.94. The Bertz CT molecular complexity index is 651. The van der Waals surface area contributed by atoms with Crippen LogP contribution in [0.2, 0.25) is 0 Å². The lowest BCUT2D eigenvalue weighted by atomic mass is 10.1. The van der Waals surface area contributed by atoms with Crippen LogP contribution >= 0.6 is 0 Å². The molecule has 0 aliphatic heterocycles. The largest absolute Gasteiger partial charge is 0.497 e. The van der Waals surface area contributed by atoms with Gasteiger partial charge < -0.3 is 9.84 Å². The van der Waals surface area contributed by atoms with Crippen molar-refractivity contribution in [2.24, 2.45) is 0 Å². The van der Waals surface area contributed by atoms with Gasteiger partial charge in [-0.2, -0.15) is 0 Å². The molecule has 25 heavy (non-hydrogen) atoms. The molecule has 134 valence electrons. The number of nitrogens with zero attached hydrogens (tertiary/aromatic N) is 1. The molecule has 0 bridgehead atoms. The lowest BCUT2D eigenvalue weighted by Gasteiger charge is -2.25. The first-order chi connectivity index (χ1) is 12.1. The molecule has 1 N–H and O–H groups in total. The Balaban J connectivity index is 2.07. The Kier molecular flexibility index (Phi) is 7.71. The van der Waals surface area contributed by atoms with Crippen LogP contribution in [0.4, 0.5) is 0 Å². The van der Waals surface area contributed by atoms with Crippen LogP contribution < -0.4 is 4.74 Å². The smallest absolute Gasteiger partial charge is 0.118 e. The number of hydrogen-bond donors (Lipinski definition) is 1. The van der Waals surface area contributed by atoms with Crippen LogP contribution in [0, 0.1) is 6.92 Å². The lowest BCUT2D eigenvalue weighted by molar-refractivity contribution is 0.0984. The molecule has 3 nitrogen and oxygen atoms in total. The number of aliphatic hydroxyl groups is 1. The summed E-state index contributed by atoms with van der Waals surface area (Å²) in [6.07, 6.45) is 3.09. The SMILES string of the molecule is C=CCCC(O)CN(Cc1ccc(OC)cc1)Cc1cccc(C)c1. The first-order valence-corrected chi connectivity index (χ1v) is 8.80. The summed E-state index contributed by atoms with van der Waals surface area (Å²) in [5.41, 5.74) is 3.74. The standard InChI is InChI=1S/C22H29NO2/c1-4-5-9-21(24)17-23(16-20-8-6-7-18(2)14-20)15-19-10-12-22(25-3)13-11-19/h4,6-8,10-14,21,24H,1,5,9,15-17H2,2-3H3. The number of benzene rings is 2. The van der Waals surface area contributed by atoms with Crippen LogP contribution in [0.1, 0.15) is 29.5 Å². The molecule has 2 aromatic carbocycles. The van der Waals surface area contributed by atoms with Crippen molar-refractivity contribution in [3.8, 4) is 5.75 Å². The molecule has 2 rings (SSSR count). The van der Waals surface area contributed by atoms with Gasteiger partial charge in [-0.25, -0.2) is 0 Å². The second-order valence-electron chi connectivity index (χ2n) is 6.53. The average Bonchev–Trinajstić information content (AvgIpc) is 2.60. The quantitative estimate of drug-likeness (QED) is 0.654. The predicted molar refractivity (Wildman–Crippen MR) is 104 cm³/mol. The minimum atomic E-state index is -0.346. The Morgan fingerprint density at radius 1 is 1.12 bits per heavy atom. The Morgan fingerprint density at radius 2 is 1.84 bits per heavy atom. The molecule has 0 saturated heterocycles. The summed E-state index contributed by atoms with van der Waals surface area (Å²) in [6.45, 7) is 8.10. The number of aryl methyl sites for hydroxylation is 1. The van der Waals surface area contributed by atoms with Crippen LogP contribution in [-0.2, 0) is 13.1 Å². The molecular weight excluding hydrogens is 310 g/mol. The summed E-state index contributed by atoms with van der Waals surface area (Å²) in [5, 5.41) is 10.3. The number of ether oxygens (including phenoxy) is 1. The summed E-state index contributed by atoms with van der Waals surface area (Å²) in [6, 6.07) is 16.7. The highest BCUT2D eigenvalue weighted by atomic mass is 16.5. The van der Waals surface area contributed by atoms with Crippen molar-refractivity contribution in [2.45, 2.75) is 39.0 Å². The third kappa shape index (κ3) is 6.73. The van der Waals surface area contributed by atoms with Gasteiger partial charge >= 0.3 is 0 Å². The fraction of sp³-hybridized carbons (Fsp3) is 0.364. The number of aliphatic hydroxyl groups excluding tert-OH is 1. The first kappa shape index (κ1) is 19.2. The van der Waals surface area contributed by atoms with E-state index in [2.05, 4.69) is 54.8 Å². The van der Waals surface area contributed by atoms with Crippen molar-refractivity contribution in [1.29, 1.82) is 0 Å². The van der Waals surface area contributed by atoms with Crippen LogP contribution in [-0.4, -0.2) is 29.8 Å². The molecule has 0 heterocycles. The van der Waals surface area contributed by atoms with E-state index in [-0.39, 0.29) is 6.10 Å². The van der Waals surface area contributed by atoms with Gasteiger partial charge in [0.05, 0.1) is 13.2 Å². The maximum atomic E-state index is 10.3. The summed E-state index contributed by atoms with van der Waals surface area (Å²) in [4.78, 5) is 2.30. The maximum Gasteiger partial charge on any atom is 0.118 e. The molecule has 0 amide bonds. The van der Waals surface area contributed by atoms with Crippen molar-refractivity contribution in [3.63, 3.8) is 0 Å². The number of allylic oxidation sites excluding steroid dienone is 1. The van der Waals surface area contributed by atoms with Crippen LogP contribution in [0.15, 0.2) is 61.2 Å². The molecule has 0 spiro atoms. The highest BCUT2D eigenvalue weighted by molar-refractivity contribution is 5.27. The Labute approximate surface area is 151 Å². The summed E-state index contributed by atoms with van der Waals surface area (Å²) < 4.78 is 5.23. The number of hydrogen-bond acceptors (Lipinski definition) is 3. The van der Waals surface area contributed by atoms with E-state index >= 15 is 0 Å². The van der Waals surface area contributed by atoms with E-state index in [1.165, 1.54) is 16.7 Å². The maximum absolute atomic E-state index is 10.3. The van der Waals surface area contributed by atoms with Crippen molar-refractivity contribution in [2.75, 3.05) is 13.7 Å². The van der Waals surface area contributed by atoms with E-state index < -0.39 is 0 Å². The van der Waals surface area contributed by atoms with Crippen LogP contribution in [0.5, 0.6) is 5.75 Å². The molecule has 1 atom stereocenters. The molecule has 0 aliphatic rings. The van der Waals surface area contributed by atoms with E-state index in [1.54, 1.807) is 7.11 Å². The van der Waals surface area contributed by atoms with Crippen molar-refractivity contribution in [3.05, 3.63) is 77.9 Å². The van der Waals surface area contributed by atoms with Gasteiger partial charge in [0.1, 0.15) is 5.75 Å². The van der Waals surface area contributed by atoms with Gasteiger partial charge in [-0.05, 0) is 43.0 Å². The molecule has 3 heteroatoms. The number of methoxy groups -OCH3 is 1. The topological polar surface area (TPSA) is 32.7 Å². The molecule has 0 aromatic heterocycles. The highest BCUT2D eigenvalue weighted by Crippen LogP contribution is 2.16. The third-order valence-electron chi connectivity index (χ3n) is 4.23. The molecule has 2 aromatic rings. The monoisotopic (exact) mass is 339 g/mol.